The van der Waals surface area contributed by atoms with E-state index in [0.29, 0.717) is 36.6 Å². The summed E-state index contributed by atoms with van der Waals surface area (Å²) >= 11 is 5.92. The maximum absolute atomic E-state index is 10.7. The third-order valence-corrected chi connectivity index (χ3v) is 3.92. The highest BCUT2D eigenvalue weighted by molar-refractivity contribution is 6.30. The molecular formula is C14H14ClN5O. The number of aromatic nitrogens is 3. The number of β-amino-alcohol motifs (C(OH)–C–C–N with tert-alkyl or cyclic N) is 1. The molecule has 1 atom stereocenters. The van der Waals surface area contributed by atoms with Crippen LogP contribution in [0.1, 0.15) is 12.0 Å². The van der Waals surface area contributed by atoms with E-state index in [1.807, 2.05) is 11.0 Å². The van der Waals surface area contributed by atoms with E-state index in [4.69, 9.17) is 11.6 Å². The highest BCUT2D eigenvalue weighted by atomic mass is 35.5. The first kappa shape index (κ1) is 13.9. The minimum atomic E-state index is -0.875. The highest BCUT2D eigenvalue weighted by Gasteiger charge is 2.37. The molecule has 108 valence electrons. The number of aliphatic hydroxyl groups is 1. The maximum atomic E-state index is 10.7. The van der Waals surface area contributed by atoms with Crippen molar-refractivity contribution in [2.75, 3.05) is 18.0 Å². The van der Waals surface area contributed by atoms with Crippen LogP contribution in [0.25, 0.3) is 0 Å². The Morgan fingerprint density at radius 2 is 2.33 bits per heavy atom. The first-order valence-corrected chi connectivity index (χ1v) is 6.98. The van der Waals surface area contributed by atoms with Crippen LogP contribution < -0.4 is 4.90 Å². The van der Waals surface area contributed by atoms with E-state index in [-0.39, 0.29) is 0 Å². The molecule has 1 aliphatic heterocycles. The van der Waals surface area contributed by atoms with Gasteiger partial charge in [-0.3, -0.25) is 0 Å². The molecule has 1 unspecified atom stereocenters. The van der Waals surface area contributed by atoms with Gasteiger partial charge in [0.05, 0.1) is 24.0 Å². The average Bonchev–Trinajstić information content (AvgIpc) is 3.09. The van der Waals surface area contributed by atoms with E-state index in [1.165, 1.54) is 0 Å². The molecule has 1 aliphatic rings. The molecule has 2 aromatic rings. The van der Waals surface area contributed by atoms with E-state index in [2.05, 4.69) is 16.4 Å². The van der Waals surface area contributed by atoms with E-state index in [0.717, 1.165) is 5.69 Å². The number of anilines is 1. The van der Waals surface area contributed by atoms with Crippen LogP contribution in [-0.2, 0) is 6.54 Å². The van der Waals surface area contributed by atoms with Crippen molar-refractivity contribution in [3.63, 3.8) is 0 Å². The summed E-state index contributed by atoms with van der Waals surface area (Å²) in [6, 6.07) is 7.37. The van der Waals surface area contributed by atoms with Crippen molar-refractivity contribution in [3.8, 4) is 6.07 Å². The Kier molecular flexibility index (Phi) is 3.53. The van der Waals surface area contributed by atoms with Gasteiger partial charge in [0.15, 0.2) is 0 Å². The van der Waals surface area contributed by atoms with E-state index < -0.39 is 5.60 Å². The minimum absolute atomic E-state index is 0.388. The Balaban J connectivity index is 1.79. The zero-order valence-electron chi connectivity index (χ0n) is 11.3. The topological polar surface area (TPSA) is 78.0 Å². The van der Waals surface area contributed by atoms with Gasteiger partial charge in [0, 0.05) is 24.3 Å². The van der Waals surface area contributed by atoms with Crippen LogP contribution in [0.5, 0.6) is 0 Å². The predicted octanol–water partition coefficient (Wildman–Crippen LogP) is 1.44. The Labute approximate surface area is 127 Å². The lowest BCUT2D eigenvalue weighted by atomic mass is 10.0. The molecule has 0 amide bonds. The summed E-state index contributed by atoms with van der Waals surface area (Å²) in [4.78, 5) is 2.01. The fourth-order valence-corrected chi connectivity index (χ4v) is 2.86. The number of halogens is 1. The molecule has 1 N–H and O–H groups in total. The zero-order valence-corrected chi connectivity index (χ0v) is 12.0. The van der Waals surface area contributed by atoms with Crippen LogP contribution in [0.3, 0.4) is 0 Å². The van der Waals surface area contributed by atoms with Gasteiger partial charge in [-0.15, -0.1) is 5.10 Å². The van der Waals surface area contributed by atoms with Gasteiger partial charge in [-0.1, -0.05) is 16.8 Å². The second-order valence-corrected chi connectivity index (χ2v) is 5.71. The van der Waals surface area contributed by atoms with Crippen molar-refractivity contribution in [1.82, 2.24) is 15.0 Å². The van der Waals surface area contributed by atoms with Crippen molar-refractivity contribution < 1.29 is 5.11 Å². The lowest BCUT2D eigenvalue weighted by Gasteiger charge is -2.24. The lowest BCUT2D eigenvalue weighted by Crippen LogP contribution is -2.38. The molecule has 7 heteroatoms. The molecule has 21 heavy (non-hydrogen) atoms. The first-order valence-electron chi connectivity index (χ1n) is 6.61. The molecule has 1 fully saturated rings. The number of nitrogens with zero attached hydrogens (tertiary/aromatic N) is 5. The smallest absolute Gasteiger partial charge is 0.103 e. The van der Waals surface area contributed by atoms with Gasteiger partial charge in [-0.25, -0.2) is 4.68 Å². The van der Waals surface area contributed by atoms with Crippen LogP contribution in [-0.4, -0.2) is 38.8 Å². The number of benzene rings is 1. The lowest BCUT2D eigenvalue weighted by molar-refractivity contribution is 0.0409. The SMILES string of the molecule is N#Cc1cc(Cl)ccc1N1CCC(O)(Cn2ccnn2)C1. The second-order valence-electron chi connectivity index (χ2n) is 5.27. The largest absolute Gasteiger partial charge is 0.386 e. The van der Waals surface area contributed by atoms with Crippen LogP contribution in [0, 0.1) is 11.3 Å². The highest BCUT2D eigenvalue weighted by Crippen LogP contribution is 2.31. The van der Waals surface area contributed by atoms with Crippen LogP contribution in [0.15, 0.2) is 30.6 Å². The molecular weight excluding hydrogens is 290 g/mol. The van der Waals surface area contributed by atoms with E-state index >= 15 is 0 Å². The van der Waals surface area contributed by atoms with Gasteiger partial charge in [0.25, 0.3) is 0 Å². The molecule has 0 saturated carbocycles. The molecule has 6 nitrogen and oxygen atoms in total. The Morgan fingerprint density at radius 1 is 1.48 bits per heavy atom. The van der Waals surface area contributed by atoms with Gasteiger partial charge < -0.3 is 10.0 Å². The predicted molar refractivity (Wildman–Crippen MR) is 78.0 cm³/mol. The van der Waals surface area contributed by atoms with E-state index in [1.54, 1.807) is 29.2 Å². The summed E-state index contributed by atoms with van der Waals surface area (Å²) in [5, 5.41) is 28.1. The molecule has 1 aromatic heterocycles. The Morgan fingerprint density at radius 3 is 3.05 bits per heavy atom. The van der Waals surface area contributed by atoms with Gasteiger partial charge >= 0.3 is 0 Å². The summed E-state index contributed by atoms with van der Waals surface area (Å²) < 4.78 is 1.62. The van der Waals surface area contributed by atoms with Gasteiger partial charge in [0.1, 0.15) is 11.7 Å². The summed E-state index contributed by atoms with van der Waals surface area (Å²) in [6.45, 7) is 1.52. The van der Waals surface area contributed by atoms with Crippen molar-refractivity contribution in [3.05, 3.63) is 41.2 Å². The summed E-state index contributed by atoms with van der Waals surface area (Å²) in [7, 11) is 0. The fourth-order valence-electron chi connectivity index (χ4n) is 2.68. The van der Waals surface area contributed by atoms with Crippen molar-refractivity contribution in [2.45, 2.75) is 18.6 Å². The van der Waals surface area contributed by atoms with Crippen molar-refractivity contribution in [2.24, 2.45) is 0 Å². The number of rotatable bonds is 3. The van der Waals surface area contributed by atoms with Gasteiger partial charge in [-0.2, -0.15) is 5.26 Å². The van der Waals surface area contributed by atoms with Crippen molar-refractivity contribution in [1.29, 1.82) is 5.26 Å². The second kappa shape index (κ2) is 5.35. The van der Waals surface area contributed by atoms with Crippen LogP contribution in [0.4, 0.5) is 5.69 Å². The van der Waals surface area contributed by atoms with Crippen LogP contribution >= 0.6 is 11.6 Å². The molecule has 0 radical (unpaired) electrons. The third kappa shape index (κ3) is 2.84. The molecule has 0 bridgehead atoms. The molecule has 3 rings (SSSR count). The van der Waals surface area contributed by atoms with E-state index in [9.17, 15) is 10.4 Å². The molecule has 1 aromatic carbocycles. The quantitative estimate of drug-likeness (QED) is 0.928. The average molecular weight is 304 g/mol. The van der Waals surface area contributed by atoms with Crippen LogP contribution in [0.2, 0.25) is 5.02 Å². The molecule has 2 heterocycles. The van der Waals surface area contributed by atoms with Gasteiger partial charge in [0.2, 0.25) is 0 Å². The Bertz CT molecular complexity index is 681. The third-order valence-electron chi connectivity index (χ3n) is 3.68. The number of hydrogen-bond acceptors (Lipinski definition) is 5. The molecule has 0 spiro atoms. The molecule has 0 aliphatic carbocycles. The summed E-state index contributed by atoms with van der Waals surface area (Å²) in [5.74, 6) is 0. The van der Waals surface area contributed by atoms with Gasteiger partial charge in [-0.05, 0) is 24.6 Å². The summed E-state index contributed by atoms with van der Waals surface area (Å²) in [5.41, 5.74) is 0.448. The normalized spacial score (nSPS) is 21.5. The zero-order chi connectivity index (χ0) is 14.9. The first-order chi connectivity index (χ1) is 10.1. The Hall–Kier alpha value is -2.10. The maximum Gasteiger partial charge on any atom is 0.103 e. The fraction of sp³-hybridized carbons (Fsp3) is 0.357. The minimum Gasteiger partial charge on any atom is -0.386 e. The monoisotopic (exact) mass is 303 g/mol. The van der Waals surface area contributed by atoms with Crippen molar-refractivity contribution >= 4 is 17.3 Å². The number of hydrogen-bond donors (Lipinski definition) is 1. The molecule has 1 saturated heterocycles. The summed E-state index contributed by atoms with van der Waals surface area (Å²) in [6.07, 6.45) is 3.92. The number of nitriles is 1. The standard InChI is InChI=1S/C14H14ClN5O/c15-12-1-2-13(11(7-12)8-16)19-5-3-14(21,9-19)10-20-6-4-17-18-20/h1-2,4,6-7,21H,3,5,9-10H2.